The van der Waals surface area contributed by atoms with Gasteiger partial charge in [-0.1, -0.05) is 60.2 Å². The summed E-state index contributed by atoms with van der Waals surface area (Å²) < 4.78 is 0. The van der Waals surface area contributed by atoms with Crippen LogP contribution >= 0.6 is 11.8 Å². The zero-order valence-corrected chi connectivity index (χ0v) is 19.5. The first-order valence-electron chi connectivity index (χ1n) is 11.3. The van der Waals surface area contributed by atoms with Gasteiger partial charge in [-0.25, -0.2) is 4.90 Å². The zero-order chi connectivity index (χ0) is 22.8. The molecule has 0 unspecified atom stereocenters. The second kappa shape index (κ2) is 9.28. The molecule has 1 saturated heterocycles. The van der Waals surface area contributed by atoms with Crippen LogP contribution in [0.15, 0.2) is 83.8 Å². The van der Waals surface area contributed by atoms with E-state index >= 15 is 0 Å². The number of carbonyl (C=O) groups excluding carboxylic acids is 2. The molecule has 0 radical (unpaired) electrons. The fourth-order valence-electron chi connectivity index (χ4n) is 4.37. The molecule has 1 fully saturated rings. The minimum Gasteiger partial charge on any atom is -0.372 e. The van der Waals surface area contributed by atoms with E-state index in [1.807, 2.05) is 85.8 Å². The Hall–Kier alpha value is -3.31. The van der Waals surface area contributed by atoms with Crippen molar-refractivity contribution in [1.82, 2.24) is 0 Å². The molecule has 2 heterocycles. The third kappa shape index (κ3) is 4.33. The minimum absolute atomic E-state index is 0.245. The highest BCUT2D eigenvalue weighted by Gasteiger charge is 2.40. The van der Waals surface area contributed by atoms with Crippen LogP contribution in [0.2, 0.25) is 0 Å². The molecule has 2 aliphatic rings. The molecule has 0 saturated carbocycles. The normalized spacial score (nSPS) is 16.3. The number of carbonyl (C=O) groups is 2. The van der Waals surface area contributed by atoms with Crippen LogP contribution in [0.1, 0.15) is 29.5 Å². The topological polar surface area (TPSA) is 40.6 Å². The van der Waals surface area contributed by atoms with E-state index < -0.39 is 0 Å². The van der Waals surface area contributed by atoms with Gasteiger partial charge in [-0.3, -0.25) is 9.59 Å². The standard InChI is InChI=1S/C28H26N2O2S/c1-20-9-11-22(12-10-20)25-26(33-19-21-7-3-2-4-8-21)28(32)30(27(25)31)24-15-13-23(14-16-24)29-17-5-6-18-29/h2-4,7-16H,5-6,17-19H2,1H3. The Labute approximate surface area is 198 Å². The lowest BCUT2D eigenvalue weighted by Crippen LogP contribution is -2.31. The Kier molecular flexibility index (Phi) is 6.05. The number of benzene rings is 3. The van der Waals surface area contributed by atoms with Gasteiger partial charge in [0.1, 0.15) is 0 Å². The molecule has 3 aromatic carbocycles. The van der Waals surface area contributed by atoms with Crippen molar-refractivity contribution >= 4 is 40.5 Å². The van der Waals surface area contributed by atoms with E-state index in [1.54, 1.807) is 0 Å². The Balaban J connectivity index is 1.47. The Morgan fingerprint density at radius 2 is 1.39 bits per heavy atom. The van der Waals surface area contributed by atoms with Crippen molar-refractivity contribution in [1.29, 1.82) is 0 Å². The maximum Gasteiger partial charge on any atom is 0.272 e. The predicted molar refractivity (Wildman–Crippen MR) is 136 cm³/mol. The monoisotopic (exact) mass is 454 g/mol. The fourth-order valence-corrected chi connectivity index (χ4v) is 5.44. The molecule has 4 nitrogen and oxygen atoms in total. The van der Waals surface area contributed by atoms with Crippen LogP contribution in [0.5, 0.6) is 0 Å². The number of rotatable bonds is 6. The molecular weight excluding hydrogens is 428 g/mol. The number of hydrogen-bond donors (Lipinski definition) is 0. The minimum atomic E-state index is -0.256. The number of anilines is 2. The largest absolute Gasteiger partial charge is 0.372 e. The predicted octanol–water partition coefficient (Wildman–Crippen LogP) is 5.81. The van der Waals surface area contributed by atoms with Crippen LogP contribution in [0.3, 0.4) is 0 Å². The Bertz CT molecular complexity index is 1190. The van der Waals surface area contributed by atoms with Gasteiger partial charge in [0.25, 0.3) is 11.8 Å². The number of imide groups is 1. The van der Waals surface area contributed by atoms with Crippen LogP contribution in [-0.4, -0.2) is 24.9 Å². The molecule has 0 atom stereocenters. The Morgan fingerprint density at radius 1 is 0.758 bits per heavy atom. The molecule has 0 bridgehead atoms. The highest BCUT2D eigenvalue weighted by atomic mass is 32.2. The number of thioether (sulfide) groups is 1. The maximum atomic E-state index is 13.6. The van der Waals surface area contributed by atoms with Crippen molar-refractivity contribution in [3.8, 4) is 0 Å². The molecule has 166 valence electrons. The zero-order valence-electron chi connectivity index (χ0n) is 18.7. The number of aryl methyl sites for hydroxylation is 1. The van der Waals surface area contributed by atoms with Gasteiger partial charge in [-0.2, -0.15) is 0 Å². The second-order valence-corrected chi connectivity index (χ2v) is 9.49. The van der Waals surface area contributed by atoms with E-state index in [-0.39, 0.29) is 11.8 Å². The molecule has 0 N–H and O–H groups in total. The van der Waals surface area contributed by atoms with Gasteiger partial charge in [-0.05, 0) is 55.2 Å². The second-order valence-electron chi connectivity index (χ2n) is 8.50. The summed E-state index contributed by atoms with van der Waals surface area (Å²) in [6.07, 6.45) is 2.41. The molecule has 5 heteroatoms. The van der Waals surface area contributed by atoms with Crippen LogP contribution in [0, 0.1) is 6.92 Å². The van der Waals surface area contributed by atoms with Crippen LogP contribution < -0.4 is 9.80 Å². The van der Waals surface area contributed by atoms with Gasteiger partial charge in [0.05, 0.1) is 16.2 Å². The molecule has 3 aromatic rings. The van der Waals surface area contributed by atoms with Crippen molar-refractivity contribution < 1.29 is 9.59 Å². The average molecular weight is 455 g/mol. The maximum absolute atomic E-state index is 13.6. The molecule has 2 amide bonds. The molecule has 0 aliphatic carbocycles. The highest BCUT2D eigenvalue weighted by Crippen LogP contribution is 2.40. The van der Waals surface area contributed by atoms with Gasteiger partial charge < -0.3 is 4.90 Å². The number of hydrogen-bond acceptors (Lipinski definition) is 4. The lowest BCUT2D eigenvalue weighted by molar-refractivity contribution is -0.119. The van der Waals surface area contributed by atoms with E-state index in [4.69, 9.17) is 0 Å². The van der Waals surface area contributed by atoms with Crippen molar-refractivity contribution in [2.45, 2.75) is 25.5 Å². The Morgan fingerprint density at radius 3 is 2.06 bits per heavy atom. The molecule has 2 aliphatic heterocycles. The smallest absolute Gasteiger partial charge is 0.272 e. The van der Waals surface area contributed by atoms with E-state index in [1.165, 1.54) is 29.5 Å². The van der Waals surface area contributed by atoms with Crippen molar-refractivity contribution in [3.63, 3.8) is 0 Å². The van der Waals surface area contributed by atoms with E-state index in [0.29, 0.717) is 21.9 Å². The summed E-state index contributed by atoms with van der Waals surface area (Å²) in [7, 11) is 0. The summed E-state index contributed by atoms with van der Waals surface area (Å²) in [5, 5.41) is 0. The first kappa shape index (κ1) is 21.5. The highest BCUT2D eigenvalue weighted by molar-refractivity contribution is 8.03. The lowest BCUT2D eigenvalue weighted by Gasteiger charge is -2.20. The summed E-state index contributed by atoms with van der Waals surface area (Å²) in [5.41, 5.74) is 5.26. The van der Waals surface area contributed by atoms with Gasteiger partial charge >= 0.3 is 0 Å². The quantitative estimate of drug-likeness (QED) is 0.441. The van der Waals surface area contributed by atoms with Crippen LogP contribution in [-0.2, 0) is 15.3 Å². The SMILES string of the molecule is Cc1ccc(C2=C(SCc3ccccc3)C(=O)N(c3ccc(N4CCCC4)cc3)C2=O)cc1. The summed E-state index contributed by atoms with van der Waals surface area (Å²) in [6, 6.07) is 25.7. The van der Waals surface area contributed by atoms with Gasteiger partial charge in [0.2, 0.25) is 0 Å². The van der Waals surface area contributed by atoms with Gasteiger partial charge in [0, 0.05) is 24.5 Å². The first-order chi connectivity index (χ1) is 16.1. The molecule has 5 rings (SSSR count). The molecule has 33 heavy (non-hydrogen) atoms. The van der Waals surface area contributed by atoms with Gasteiger partial charge in [-0.15, -0.1) is 11.8 Å². The third-order valence-corrected chi connectivity index (χ3v) is 7.33. The average Bonchev–Trinajstić information content (AvgIpc) is 3.46. The first-order valence-corrected chi connectivity index (χ1v) is 12.3. The number of nitrogens with zero attached hydrogens (tertiary/aromatic N) is 2. The van der Waals surface area contributed by atoms with E-state index in [2.05, 4.69) is 4.90 Å². The van der Waals surface area contributed by atoms with Crippen LogP contribution in [0.4, 0.5) is 11.4 Å². The lowest BCUT2D eigenvalue weighted by atomic mass is 10.0. The summed E-state index contributed by atoms with van der Waals surface area (Å²) in [5.74, 6) is 0.130. The summed E-state index contributed by atoms with van der Waals surface area (Å²) >= 11 is 1.44. The van der Waals surface area contributed by atoms with Crippen LogP contribution in [0.25, 0.3) is 5.57 Å². The summed E-state index contributed by atoms with van der Waals surface area (Å²) in [6.45, 7) is 4.12. The number of amides is 2. The van der Waals surface area contributed by atoms with Crippen molar-refractivity contribution in [2.24, 2.45) is 0 Å². The molecular formula is C28H26N2O2S. The molecule has 0 aromatic heterocycles. The van der Waals surface area contributed by atoms with Gasteiger partial charge in [0.15, 0.2) is 0 Å². The third-order valence-electron chi connectivity index (χ3n) is 6.19. The van der Waals surface area contributed by atoms with Crippen molar-refractivity contribution in [2.75, 3.05) is 22.9 Å². The van der Waals surface area contributed by atoms with E-state index in [9.17, 15) is 9.59 Å². The fraction of sp³-hybridized carbons (Fsp3) is 0.214. The molecule has 0 spiro atoms. The summed E-state index contributed by atoms with van der Waals surface area (Å²) in [4.78, 5) is 31.3. The van der Waals surface area contributed by atoms with Crippen molar-refractivity contribution in [3.05, 3.63) is 100 Å². The van der Waals surface area contributed by atoms with E-state index in [0.717, 1.165) is 35.5 Å².